The Kier molecular flexibility index (Phi) is 3.26. The van der Waals surface area contributed by atoms with Gasteiger partial charge in [-0.15, -0.1) is 0 Å². The van der Waals surface area contributed by atoms with Gasteiger partial charge in [-0.05, 0) is 31.0 Å². The molecule has 0 saturated carbocycles. The van der Waals surface area contributed by atoms with Gasteiger partial charge in [0.15, 0.2) is 0 Å². The fourth-order valence-corrected chi connectivity index (χ4v) is 2.56. The molecule has 19 heavy (non-hydrogen) atoms. The third-order valence-electron chi connectivity index (χ3n) is 3.74. The average molecular weight is 253 g/mol. The monoisotopic (exact) mass is 253 g/mol. The topological polar surface area (TPSA) is 21.3 Å². The Labute approximate surface area is 114 Å². The summed E-state index contributed by atoms with van der Waals surface area (Å²) in [5, 5.41) is 3.60. The number of rotatable bonds is 3. The molecule has 1 atom stereocenters. The Morgan fingerprint density at radius 1 is 1.16 bits per heavy atom. The zero-order valence-corrected chi connectivity index (χ0v) is 11.4. The standard InChI is InChI=1S/C17H19NO/c1-12-7-8-13(2)14(9-12)10-18-16-11-19-17-6-4-3-5-15(16)17/h3-9,16,18H,10-11H2,1-2H3. The molecule has 1 aliphatic rings. The molecule has 0 amide bonds. The summed E-state index contributed by atoms with van der Waals surface area (Å²) in [5.41, 5.74) is 5.29. The van der Waals surface area contributed by atoms with Gasteiger partial charge in [0.2, 0.25) is 0 Å². The van der Waals surface area contributed by atoms with E-state index < -0.39 is 0 Å². The van der Waals surface area contributed by atoms with Crippen LogP contribution in [0.5, 0.6) is 5.75 Å². The molecule has 3 rings (SSSR count). The van der Waals surface area contributed by atoms with Crippen LogP contribution in [0.1, 0.15) is 28.3 Å². The van der Waals surface area contributed by atoms with Crippen LogP contribution in [0.25, 0.3) is 0 Å². The predicted octanol–water partition coefficient (Wildman–Crippen LogP) is 3.53. The predicted molar refractivity (Wildman–Crippen MR) is 77.4 cm³/mol. The lowest BCUT2D eigenvalue weighted by Crippen LogP contribution is -2.22. The molecule has 2 nitrogen and oxygen atoms in total. The summed E-state index contributed by atoms with van der Waals surface area (Å²) in [4.78, 5) is 0. The second-order valence-corrected chi connectivity index (χ2v) is 5.21. The van der Waals surface area contributed by atoms with Gasteiger partial charge >= 0.3 is 0 Å². The molecule has 1 heterocycles. The molecule has 2 aromatic rings. The number of hydrogen-bond donors (Lipinski definition) is 1. The molecule has 0 saturated heterocycles. The van der Waals surface area contributed by atoms with Crippen LogP contribution < -0.4 is 10.1 Å². The smallest absolute Gasteiger partial charge is 0.124 e. The van der Waals surface area contributed by atoms with Crippen molar-refractivity contribution >= 4 is 0 Å². The molecular weight excluding hydrogens is 234 g/mol. The number of ether oxygens (including phenoxy) is 1. The summed E-state index contributed by atoms with van der Waals surface area (Å²) >= 11 is 0. The van der Waals surface area contributed by atoms with Crippen LogP contribution in [0, 0.1) is 13.8 Å². The quantitative estimate of drug-likeness (QED) is 0.903. The van der Waals surface area contributed by atoms with Crippen LogP contribution in [-0.2, 0) is 6.54 Å². The molecular formula is C17H19NO. The van der Waals surface area contributed by atoms with E-state index in [4.69, 9.17) is 4.74 Å². The van der Waals surface area contributed by atoms with E-state index in [-0.39, 0.29) is 0 Å². The molecule has 0 radical (unpaired) electrons. The number of benzene rings is 2. The normalized spacial score (nSPS) is 17.1. The maximum atomic E-state index is 5.69. The minimum absolute atomic E-state index is 0.302. The van der Waals surface area contributed by atoms with Gasteiger partial charge in [0.05, 0.1) is 6.04 Å². The van der Waals surface area contributed by atoms with Crippen molar-refractivity contribution in [2.75, 3.05) is 6.61 Å². The first-order chi connectivity index (χ1) is 9.24. The van der Waals surface area contributed by atoms with E-state index in [0.717, 1.165) is 18.9 Å². The van der Waals surface area contributed by atoms with E-state index >= 15 is 0 Å². The first kappa shape index (κ1) is 12.2. The Hall–Kier alpha value is -1.80. The van der Waals surface area contributed by atoms with Crippen molar-refractivity contribution in [2.45, 2.75) is 26.4 Å². The molecule has 0 aromatic heterocycles. The van der Waals surface area contributed by atoms with Crippen LogP contribution >= 0.6 is 0 Å². The molecule has 1 N–H and O–H groups in total. The third-order valence-corrected chi connectivity index (χ3v) is 3.74. The zero-order valence-electron chi connectivity index (χ0n) is 11.4. The fraction of sp³-hybridized carbons (Fsp3) is 0.294. The molecule has 98 valence electrons. The van der Waals surface area contributed by atoms with Gasteiger partial charge in [-0.1, -0.05) is 42.0 Å². The van der Waals surface area contributed by atoms with Gasteiger partial charge in [-0.25, -0.2) is 0 Å². The number of hydrogen-bond acceptors (Lipinski definition) is 2. The van der Waals surface area contributed by atoms with Crippen LogP contribution in [-0.4, -0.2) is 6.61 Å². The Morgan fingerprint density at radius 2 is 2.00 bits per heavy atom. The van der Waals surface area contributed by atoms with Crippen LogP contribution in [0.3, 0.4) is 0 Å². The maximum Gasteiger partial charge on any atom is 0.124 e. The van der Waals surface area contributed by atoms with E-state index in [0.29, 0.717) is 6.04 Å². The van der Waals surface area contributed by atoms with Crippen molar-refractivity contribution in [3.05, 3.63) is 64.7 Å². The van der Waals surface area contributed by atoms with Gasteiger partial charge in [-0.2, -0.15) is 0 Å². The number of aryl methyl sites for hydroxylation is 2. The molecule has 0 spiro atoms. The van der Waals surface area contributed by atoms with E-state index in [2.05, 4.69) is 49.5 Å². The highest BCUT2D eigenvalue weighted by atomic mass is 16.5. The summed E-state index contributed by atoms with van der Waals surface area (Å²) in [5.74, 6) is 1.01. The summed E-state index contributed by atoms with van der Waals surface area (Å²) < 4.78 is 5.69. The Balaban J connectivity index is 1.72. The van der Waals surface area contributed by atoms with Gasteiger partial charge in [0.1, 0.15) is 12.4 Å². The summed E-state index contributed by atoms with van der Waals surface area (Å²) in [7, 11) is 0. The molecule has 1 aliphatic heterocycles. The lowest BCUT2D eigenvalue weighted by atomic mass is 10.0. The van der Waals surface area contributed by atoms with Crippen molar-refractivity contribution in [1.82, 2.24) is 5.32 Å². The van der Waals surface area contributed by atoms with Crippen LogP contribution in [0.15, 0.2) is 42.5 Å². The van der Waals surface area contributed by atoms with Crippen molar-refractivity contribution in [1.29, 1.82) is 0 Å². The number of fused-ring (bicyclic) bond motifs is 1. The van der Waals surface area contributed by atoms with Gasteiger partial charge in [0, 0.05) is 12.1 Å². The lowest BCUT2D eigenvalue weighted by Gasteiger charge is -2.13. The number of para-hydroxylation sites is 1. The van der Waals surface area contributed by atoms with E-state index in [1.54, 1.807) is 0 Å². The first-order valence-electron chi connectivity index (χ1n) is 6.75. The highest BCUT2D eigenvalue weighted by Crippen LogP contribution is 2.31. The summed E-state index contributed by atoms with van der Waals surface area (Å²) in [6.07, 6.45) is 0. The number of nitrogens with one attached hydrogen (secondary N) is 1. The molecule has 0 aliphatic carbocycles. The van der Waals surface area contributed by atoms with Crippen molar-refractivity contribution < 1.29 is 4.74 Å². The Morgan fingerprint density at radius 3 is 2.89 bits per heavy atom. The molecule has 2 aromatic carbocycles. The molecule has 0 bridgehead atoms. The maximum absolute atomic E-state index is 5.69. The Bertz CT molecular complexity index is 592. The average Bonchev–Trinajstić information content (AvgIpc) is 2.83. The first-order valence-corrected chi connectivity index (χ1v) is 6.75. The highest BCUT2D eigenvalue weighted by molar-refractivity contribution is 5.39. The second-order valence-electron chi connectivity index (χ2n) is 5.21. The minimum atomic E-state index is 0.302. The van der Waals surface area contributed by atoms with Gasteiger partial charge in [-0.3, -0.25) is 0 Å². The van der Waals surface area contributed by atoms with Crippen LogP contribution in [0.2, 0.25) is 0 Å². The second kappa shape index (κ2) is 5.06. The van der Waals surface area contributed by atoms with E-state index in [1.165, 1.54) is 22.3 Å². The van der Waals surface area contributed by atoms with E-state index in [9.17, 15) is 0 Å². The minimum Gasteiger partial charge on any atom is -0.491 e. The van der Waals surface area contributed by atoms with Crippen molar-refractivity contribution in [3.63, 3.8) is 0 Å². The van der Waals surface area contributed by atoms with Crippen molar-refractivity contribution in [2.24, 2.45) is 0 Å². The largest absolute Gasteiger partial charge is 0.491 e. The SMILES string of the molecule is Cc1ccc(C)c(CNC2COc3ccccc32)c1. The fourth-order valence-electron chi connectivity index (χ4n) is 2.56. The lowest BCUT2D eigenvalue weighted by molar-refractivity contribution is 0.310. The molecule has 2 heteroatoms. The van der Waals surface area contributed by atoms with Crippen molar-refractivity contribution in [3.8, 4) is 5.75 Å². The van der Waals surface area contributed by atoms with Gasteiger partial charge in [0.25, 0.3) is 0 Å². The van der Waals surface area contributed by atoms with Crippen LogP contribution in [0.4, 0.5) is 0 Å². The van der Waals surface area contributed by atoms with E-state index in [1.807, 2.05) is 12.1 Å². The highest BCUT2D eigenvalue weighted by Gasteiger charge is 2.22. The zero-order chi connectivity index (χ0) is 13.2. The molecule has 1 unspecified atom stereocenters. The summed E-state index contributed by atoms with van der Waals surface area (Å²) in [6.45, 7) is 5.91. The van der Waals surface area contributed by atoms with Gasteiger partial charge < -0.3 is 10.1 Å². The summed E-state index contributed by atoms with van der Waals surface area (Å²) in [6, 6.07) is 15.2. The third kappa shape index (κ3) is 2.49. The molecule has 0 fully saturated rings.